The topological polar surface area (TPSA) is 90.7 Å². The van der Waals surface area contributed by atoms with E-state index in [1.807, 2.05) is 30.3 Å². The van der Waals surface area contributed by atoms with Gasteiger partial charge in [-0.15, -0.1) is 0 Å². The van der Waals surface area contributed by atoms with Gasteiger partial charge in [0, 0.05) is 11.3 Å². The molecular formula is C22H16N2O5. The number of nitrogens with one attached hydrogen (secondary N) is 1. The summed E-state index contributed by atoms with van der Waals surface area (Å²) in [6, 6.07) is 23.0. The summed E-state index contributed by atoms with van der Waals surface area (Å²) in [7, 11) is 0. The predicted molar refractivity (Wildman–Crippen MR) is 106 cm³/mol. The van der Waals surface area contributed by atoms with Crippen molar-refractivity contribution in [3.8, 4) is 11.5 Å². The number of hydrogen-bond donors (Lipinski definition) is 1. The van der Waals surface area contributed by atoms with Gasteiger partial charge in [0.1, 0.15) is 11.5 Å². The lowest BCUT2D eigenvalue weighted by Gasteiger charge is -2.09. The molecule has 0 fully saturated rings. The SMILES string of the molecule is O=C1O[C@@H](/C(=C\Nc2ccc(Oc3ccccc3)cc2)[N+](=O)[O-])c2ccccc21. The zero-order valence-electron chi connectivity index (χ0n) is 15.1. The van der Waals surface area contributed by atoms with E-state index in [4.69, 9.17) is 9.47 Å². The molecule has 0 unspecified atom stereocenters. The van der Waals surface area contributed by atoms with Gasteiger partial charge in [-0.1, -0.05) is 36.4 Å². The Morgan fingerprint density at radius 3 is 2.34 bits per heavy atom. The Hall–Kier alpha value is -4.13. The third-order valence-electron chi connectivity index (χ3n) is 4.39. The minimum Gasteiger partial charge on any atom is -0.457 e. The fraction of sp³-hybridized carbons (Fsp3) is 0.0455. The highest BCUT2D eigenvalue weighted by molar-refractivity contribution is 5.94. The summed E-state index contributed by atoms with van der Waals surface area (Å²) in [5.74, 6) is 0.783. The number of ether oxygens (including phenoxy) is 2. The van der Waals surface area contributed by atoms with Crippen LogP contribution in [0.5, 0.6) is 11.5 Å². The number of nitrogens with zero attached hydrogens (tertiary/aromatic N) is 1. The molecule has 29 heavy (non-hydrogen) atoms. The molecule has 0 amide bonds. The van der Waals surface area contributed by atoms with Crippen LogP contribution < -0.4 is 10.1 Å². The standard InChI is InChI=1S/C22H16N2O5/c25-22-19-9-5-4-8-18(19)21(29-22)20(24(26)27)14-23-15-10-12-17(13-11-15)28-16-6-2-1-3-7-16/h1-14,21,23H/b20-14+/t21-/m1/s1. The summed E-state index contributed by atoms with van der Waals surface area (Å²) in [4.78, 5) is 23.0. The molecule has 1 aliphatic rings. The average molecular weight is 388 g/mol. The van der Waals surface area contributed by atoms with Gasteiger partial charge in [-0.05, 0) is 42.5 Å². The van der Waals surface area contributed by atoms with Crippen LogP contribution in [-0.4, -0.2) is 10.9 Å². The number of fused-ring (bicyclic) bond motifs is 1. The maximum atomic E-state index is 12.0. The van der Waals surface area contributed by atoms with Crippen molar-refractivity contribution < 1.29 is 19.2 Å². The fourth-order valence-corrected chi connectivity index (χ4v) is 2.99. The molecule has 0 bridgehead atoms. The number of para-hydroxylation sites is 1. The Morgan fingerprint density at radius 1 is 0.966 bits per heavy atom. The number of benzene rings is 3. The van der Waals surface area contributed by atoms with Crippen molar-refractivity contribution in [3.63, 3.8) is 0 Å². The quantitative estimate of drug-likeness (QED) is 0.366. The Bertz CT molecular complexity index is 1080. The van der Waals surface area contributed by atoms with E-state index >= 15 is 0 Å². The first-order valence-corrected chi connectivity index (χ1v) is 8.86. The molecule has 3 aromatic rings. The van der Waals surface area contributed by atoms with Gasteiger partial charge in [0.15, 0.2) is 0 Å². The minimum absolute atomic E-state index is 0.257. The van der Waals surface area contributed by atoms with Gasteiger partial charge in [-0.3, -0.25) is 10.1 Å². The van der Waals surface area contributed by atoms with Crippen molar-refractivity contribution in [1.82, 2.24) is 0 Å². The third kappa shape index (κ3) is 3.93. The van der Waals surface area contributed by atoms with Gasteiger partial charge in [-0.2, -0.15) is 0 Å². The van der Waals surface area contributed by atoms with Gasteiger partial charge in [0.2, 0.25) is 6.10 Å². The van der Waals surface area contributed by atoms with Gasteiger partial charge < -0.3 is 14.8 Å². The van der Waals surface area contributed by atoms with Crippen LogP contribution in [0.3, 0.4) is 0 Å². The Morgan fingerprint density at radius 2 is 1.62 bits per heavy atom. The maximum Gasteiger partial charge on any atom is 0.339 e. The van der Waals surface area contributed by atoms with Crippen LogP contribution in [0.2, 0.25) is 0 Å². The van der Waals surface area contributed by atoms with Crippen LogP contribution in [0.1, 0.15) is 22.0 Å². The van der Waals surface area contributed by atoms with Gasteiger partial charge in [0.25, 0.3) is 0 Å². The number of nitro groups is 1. The third-order valence-corrected chi connectivity index (χ3v) is 4.39. The highest BCUT2D eigenvalue weighted by Gasteiger charge is 2.39. The number of anilines is 1. The van der Waals surface area contributed by atoms with E-state index in [2.05, 4.69) is 5.32 Å². The van der Waals surface area contributed by atoms with Crippen molar-refractivity contribution in [2.24, 2.45) is 0 Å². The first-order valence-electron chi connectivity index (χ1n) is 8.86. The molecule has 1 heterocycles. The fourth-order valence-electron chi connectivity index (χ4n) is 2.99. The molecule has 144 valence electrons. The lowest BCUT2D eigenvalue weighted by molar-refractivity contribution is -0.436. The molecule has 0 aliphatic carbocycles. The van der Waals surface area contributed by atoms with Crippen molar-refractivity contribution in [2.45, 2.75) is 6.10 Å². The summed E-state index contributed by atoms with van der Waals surface area (Å²) in [6.07, 6.45) is 0.189. The largest absolute Gasteiger partial charge is 0.457 e. The molecule has 1 N–H and O–H groups in total. The molecule has 4 rings (SSSR count). The van der Waals surface area contributed by atoms with E-state index in [0.717, 1.165) is 0 Å². The summed E-state index contributed by atoms with van der Waals surface area (Å²) < 4.78 is 10.9. The lowest BCUT2D eigenvalue weighted by atomic mass is 10.0. The first-order chi connectivity index (χ1) is 14.1. The van der Waals surface area contributed by atoms with E-state index < -0.39 is 17.0 Å². The second kappa shape index (κ2) is 7.85. The molecule has 0 aromatic heterocycles. The van der Waals surface area contributed by atoms with E-state index in [1.54, 1.807) is 48.5 Å². The van der Waals surface area contributed by atoms with Crippen LogP contribution in [0.4, 0.5) is 5.69 Å². The number of esters is 1. The Balaban J connectivity index is 1.51. The van der Waals surface area contributed by atoms with Crippen LogP contribution in [0.25, 0.3) is 0 Å². The predicted octanol–water partition coefficient (Wildman–Crippen LogP) is 4.92. The Kier molecular flexibility index (Phi) is 4.94. The van der Waals surface area contributed by atoms with Crippen LogP contribution >= 0.6 is 0 Å². The van der Waals surface area contributed by atoms with Crippen LogP contribution in [-0.2, 0) is 4.74 Å². The Labute approximate surface area is 166 Å². The molecule has 0 saturated carbocycles. The van der Waals surface area contributed by atoms with E-state index in [1.165, 1.54) is 6.20 Å². The molecule has 3 aromatic carbocycles. The second-order valence-corrected chi connectivity index (χ2v) is 6.28. The monoisotopic (exact) mass is 388 g/mol. The summed E-state index contributed by atoms with van der Waals surface area (Å²) in [5, 5.41) is 14.5. The number of carbonyl (C=O) groups excluding carboxylic acids is 1. The average Bonchev–Trinajstić information content (AvgIpc) is 3.07. The molecular weight excluding hydrogens is 372 g/mol. The molecule has 1 aliphatic heterocycles. The normalized spacial score (nSPS) is 15.4. The van der Waals surface area contributed by atoms with Crippen LogP contribution in [0, 0.1) is 10.1 Å². The number of cyclic esters (lactones) is 1. The molecule has 7 nitrogen and oxygen atoms in total. The van der Waals surface area contributed by atoms with Gasteiger partial charge in [0.05, 0.1) is 16.7 Å². The molecule has 0 saturated heterocycles. The first kappa shape index (κ1) is 18.2. The molecule has 7 heteroatoms. The van der Waals surface area contributed by atoms with Gasteiger partial charge >= 0.3 is 11.7 Å². The molecule has 0 radical (unpaired) electrons. The zero-order chi connectivity index (χ0) is 20.2. The second-order valence-electron chi connectivity index (χ2n) is 6.28. The molecule has 1 atom stereocenters. The van der Waals surface area contributed by atoms with Gasteiger partial charge in [-0.25, -0.2) is 4.79 Å². The van der Waals surface area contributed by atoms with Crippen molar-refractivity contribution >= 4 is 11.7 Å². The molecule has 0 spiro atoms. The highest BCUT2D eigenvalue weighted by atomic mass is 16.6. The minimum atomic E-state index is -1.05. The highest BCUT2D eigenvalue weighted by Crippen LogP contribution is 2.36. The van der Waals surface area contributed by atoms with Crippen molar-refractivity contribution in [1.29, 1.82) is 0 Å². The van der Waals surface area contributed by atoms with E-state index in [9.17, 15) is 14.9 Å². The number of rotatable bonds is 6. The van der Waals surface area contributed by atoms with E-state index in [-0.39, 0.29) is 5.70 Å². The zero-order valence-corrected chi connectivity index (χ0v) is 15.1. The van der Waals surface area contributed by atoms with E-state index in [0.29, 0.717) is 28.3 Å². The van der Waals surface area contributed by atoms with Crippen molar-refractivity contribution in [2.75, 3.05) is 5.32 Å². The number of carbonyl (C=O) groups is 1. The summed E-state index contributed by atoms with van der Waals surface area (Å²) in [6.45, 7) is 0. The summed E-state index contributed by atoms with van der Waals surface area (Å²) >= 11 is 0. The smallest absolute Gasteiger partial charge is 0.339 e. The summed E-state index contributed by atoms with van der Waals surface area (Å²) in [5.41, 5.74) is 1.19. The van der Waals surface area contributed by atoms with Crippen LogP contribution in [0.15, 0.2) is 90.8 Å². The number of hydrogen-bond acceptors (Lipinski definition) is 6. The van der Waals surface area contributed by atoms with Crippen molar-refractivity contribution in [3.05, 3.63) is 112 Å². The maximum absolute atomic E-state index is 12.0. The lowest BCUT2D eigenvalue weighted by Crippen LogP contribution is -2.12.